The first-order chi connectivity index (χ1) is 5.25. The van der Waals surface area contributed by atoms with E-state index in [1.807, 2.05) is 31.2 Å². The molecule has 0 radical (unpaired) electrons. The standard InChI is InChI=1S/C8H11N3.ClH/c1-6-4-2-3-5-7(6)8(9)11-10;/h2-5H,10H2,1H3,(H2,9,11);1H. The van der Waals surface area contributed by atoms with Crippen LogP contribution in [0.25, 0.3) is 0 Å². The topological polar surface area (TPSA) is 64.4 Å². The molecular weight excluding hydrogens is 174 g/mol. The van der Waals surface area contributed by atoms with Crippen molar-refractivity contribution in [1.82, 2.24) is 0 Å². The van der Waals surface area contributed by atoms with Gasteiger partial charge in [0.15, 0.2) is 5.84 Å². The van der Waals surface area contributed by atoms with Crippen LogP contribution in [0, 0.1) is 6.92 Å². The fourth-order valence-corrected chi connectivity index (χ4v) is 0.930. The largest absolute Gasteiger partial charge is 0.382 e. The van der Waals surface area contributed by atoms with Gasteiger partial charge in [0.2, 0.25) is 0 Å². The molecule has 1 rings (SSSR count). The van der Waals surface area contributed by atoms with E-state index in [1.165, 1.54) is 0 Å². The molecule has 0 saturated carbocycles. The van der Waals surface area contributed by atoms with E-state index in [9.17, 15) is 0 Å². The minimum absolute atomic E-state index is 0. The summed E-state index contributed by atoms with van der Waals surface area (Å²) in [5.41, 5.74) is 7.50. The Morgan fingerprint density at radius 3 is 2.42 bits per heavy atom. The lowest BCUT2D eigenvalue weighted by molar-refractivity contribution is 1.22. The van der Waals surface area contributed by atoms with Crippen molar-refractivity contribution < 1.29 is 0 Å². The lowest BCUT2D eigenvalue weighted by Gasteiger charge is -2.01. The van der Waals surface area contributed by atoms with Gasteiger partial charge >= 0.3 is 0 Å². The predicted molar refractivity (Wildman–Crippen MR) is 53.3 cm³/mol. The number of amidine groups is 1. The van der Waals surface area contributed by atoms with Crippen molar-refractivity contribution in [2.45, 2.75) is 6.92 Å². The number of hydrogen-bond acceptors (Lipinski definition) is 2. The van der Waals surface area contributed by atoms with Gasteiger partial charge < -0.3 is 11.6 Å². The smallest absolute Gasteiger partial charge is 0.150 e. The van der Waals surface area contributed by atoms with E-state index in [0.717, 1.165) is 11.1 Å². The number of rotatable bonds is 1. The summed E-state index contributed by atoms with van der Waals surface area (Å²) in [7, 11) is 0. The van der Waals surface area contributed by atoms with E-state index in [1.54, 1.807) is 0 Å². The fourth-order valence-electron chi connectivity index (χ4n) is 0.930. The van der Waals surface area contributed by atoms with Crippen molar-refractivity contribution in [3.05, 3.63) is 35.4 Å². The first kappa shape index (κ1) is 10.8. The second-order valence-corrected chi connectivity index (χ2v) is 2.33. The molecule has 0 fully saturated rings. The molecule has 4 heteroatoms. The van der Waals surface area contributed by atoms with Crippen LogP contribution in [-0.2, 0) is 0 Å². The molecule has 0 unspecified atom stereocenters. The third-order valence-electron chi connectivity index (χ3n) is 1.56. The maximum atomic E-state index is 5.52. The highest BCUT2D eigenvalue weighted by molar-refractivity contribution is 5.98. The van der Waals surface area contributed by atoms with E-state index in [2.05, 4.69) is 5.10 Å². The van der Waals surface area contributed by atoms with Gasteiger partial charge in [-0.1, -0.05) is 24.3 Å². The Balaban J connectivity index is 0.00000121. The van der Waals surface area contributed by atoms with Gasteiger partial charge in [0.1, 0.15) is 0 Å². The molecular formula is C8H12ClN3. The number of benzene rings is 1. The van der Waals surface area contributed by atoms with Crippen LogP contribution < -0.4 is 11.6 Å². The van der Waals surface area contributed by atoms with Crippen LogP contribution in [0.5, 0.6) is 0 Å². The van der Waals surface area contributed by atoms with Crippen molar-refractivity contribution in [2.75, 3.05) is 0 Å². The van der Waals surface area contributed by atoms with E-state index < -0.39 is 0 Å². The van der Waals surface area contributed by atoms with Gasteiger partial charge in [-0.25, -0.2) is 0 Å². The molecule has 0 aromatic heterocycles. The molecule has 0 aliphatic carbocycles. The van der Waals surface area contributed by atoms with Gasteiger partial charge in [-0.05, 0) is 12.5 Å². The molecule has 0 atom stereocenters. The van der Waals surface area contributed by atoms with Crippen LogP contribution in [0.4, 0.5) is 0 Å². The molecule has 3 nitrogen and oxygen atoms in total. The van der Waals surface area contributed by atoms with Gasteiger partial charge in [0.25, 0.3) is 0 Å². The lowest BCUT2D eigenvalue weighted by atomic mass is 10.1. The zero-order valence-corrected chi connectivity index (χ0v) is 7.64. The highest BCUT2D eigenvalue weighted by atomic mass is 35.5. The SMILES string of the molecule is Cc1ccccc1C(N)=NN.Cl. The third-order valence-corrected chi connectivity index (χ3v) is 1.56. The zero-order chi connectivity index (χ0) is 8.27. The van der Waals surface area contributed by atoms with Crippen LogP contribution in [0.1, 0.15) is 11.1 Å². The molecule has 0 aliphatic heterocycles. The Labute approximate surface area is 77.9 Å². The van der Waals surface area contributed by atoms with E-state index in [-0.39, 0.29) is 12.4 Å². The van der Waals surface area contributed by atoms with Crippen LogP contribution in [0.15, 0.2) is 29.4 Å². The maximum absolute atomic E-state index is 5.52. The Morgan fingerprint density at radius 1 is 1.33 bits per heavy atom. The van der Waals surface area contributed by atoms with E-state index >= 15 is 0 Å². The monoisotopic (exact) mass is 185 g/mol. The summed E-state index contributed by atoms with van der Waals surface area (Å²) in [6, 6.07) is 7.71. The van der Waals surface area contributed by atoms with Crippen molar-refractivity contribution in [2.24, 2.45) is 16.7 Å². The minimum atomic E-state index is 0. The quantitative estimate of drug-likeness (QED) is 0.297. The number of nitrogens with two attached hydrogens (primary N) is 2. The van der Waals surface area contributed by atoms with Gasteiger partial charge in [0, 0.05) is 5.56 Å². The molecule has 0 aliphatic rings. The van der Waals surface area contributed by atoms with Crippen LogP contribution in [0.3, 0.4) is 0 Å². The van der Waals surface area contributed by atoms with Crippen molar-refractivity contribution in [3.63, 3.8) is 0 Å². The average Bonchev–Trinajstić information content (AvgIpc) is 2.04. The third kappa shape index (κ3) is 2.13. The van der Waals surface area contributed by atoms with Gasteiger partial charge in [0.05, 0.1) is 0 Å². The predicted octanol–water partition coefficient (Wildman–Crippen LogP) is 0.996. The lowest BCUT2D eigenvalue weighted by Crippen LogP contribution is -2.16. The summed E-state index contributed by atoms with van der Waals surface area (Å²) in [6.07, 6.45) is 0. The maximum Gasteiger partial charge on any atom is 0.150 e. The fraction of sp³-hybridized carbons (Fsp3) is 0.125. The van der Waals surface area contributed by atoms with E-state index in [4.69, 9.17) is 11.6 Å². The Bertz CT molecular complexity index is 283. The summed E-state index contributed by atoms with van der Waals surface area (Å²) in [5, 5.41) is 3.41. The molecule has 1 aromatic rings. The number of halogens is 1. The van der Waals surface area contributed by atoms with E-state index in [0.29, 0.717) is 5.84 Å². The van der Waals surface area contributed by atoms with Crippen molar-refractivity contribution in [1.29, 1.82) is 0 Å². The molecule has 0 bridgehead atoms. The molecule has 4 N–H and O–H groups in total. The van der Waals surface area contributed by atoms with Crippen molar-refractivity contribution in [3.8, 4) is 0 Å². The highest BCUT2D eigenvalue weighted by Gasteiger charge is 1.99. The summed E-state index contributed by atoms with van der Waals surface area (Å²) in [5.74, 6) is 5.41. The molecule has 0 amide bonds. The first-order valence-electron chi connectivity index (χ1n) is 3.35. The molecule has 0 spiro atoms. The van der Waals surface area contributed by atoms with Crippen molar-refractivity contribution >= 4 is 18.2 Å². The molecule has 12 heavy (non-hydrogen) atoms. The number of hydrazone groups is 1. The van der Waals surface area contributed by atoms with Crippen LogP contribution in [0.2, 0.25) is 0 Å². The zero-order valence-electron chi connectivity index (χ0n) is 6.82. The Kier molecular flexibility index (Phi) is 4.15. The second kappa shape index (κ2) is 4.62. The van der Waals surface area contributed by atoms with Crippen LogP contribution in [-0.4, -0.2) is 5.84 Å². The normalized spacial score (nSPS) is 10.6. The second-order valence-electron chi connectivity index (χ2n) is 2.33. The van der Waals surface area contributed by atoms with Gasteiger partial charge in [-0.15, -0.1) is 12.4 Å². The molecule has 0 saturated heterocycles. The summed E-state index contributed by atoms with van der Waals surface area (Å²) in [4.78, 5) is 0. The molecule has 66 valence electrons. The molecule has 1 aromatic carbocycles. The first-order valence-corrected chi connectivity index (χ1v) is 3.35. The van der Waals surface area contributed by atoms with Gasteiger partial charge in [-0.2, -0.15) is 5.10 Å². The number of hydrogen-bond donors (Lipinski definition) is 2. The number of nitrogens with zero attached hydrogens (tertiary/aromatic N) is 1. The number of aryl methyl sites for hydroxylation is 1. The summed E-state index contributed by atoms with van der Waals surface area (Å²) < 4.78 is 0. The molecule has 0 heterocycles. The highest BCUT2D eigenvalue weighted by Crippen LogP contribution is 2.05. The average molecular weight is 186 g/mol. The van der Waals surface area contributed by atoms with Gasteiger partial charge in [-0.3, -0.25) is 0 Å². The summed E-state index contributed by atoms with van der Waals surface area (Å²) >= 11 is 0. The van der Waals surface area contributed by atoms with Crippen LogP contribution >= 0.6 is 12.4 Å². The Hall–Kier alpha value is -1.22. The Morgan fingerprint density at radius 2 is 1.92 bits per heavy atom. The minimum Gasteiger partial charge on any atom is -0.382 e. The summed E-state index contributed by atoms with van der Waals surface area (Å²) in [6.45, 7) is 1.97.